The van der Waals surface area contributed by atoms with Crippen molar-refractivity contribution in [2.75, 3.05) is 38.3 Å². The topological polar surface area (TPSA) is 50.8 Å². The lowest BCUT2D eigenvalue weighted by atomic mass is 10.00. The van der Waals surface area contributed by atoms with Crippen molar-refractivity contribution < 1.29 is 18.7 Å². The van der Waals surface area contributed by atoms with Crippen LogP contribution in [-0.4, -0.2) is 39.3 Å². The van der Waals surface area contributed by atoms with Crippen molar-refractivity contribution in [3.05, 3.63) is 53.3 Å². The van der Waals surface area contributed by atoms with Crippen molar-refractivity contribution in [1.82, 2.24) is 5.32 Å². The minimum Gasteiger partial charge on any atom is -0.497 e. The Kier molecular flexibility index (Phi) is 8.73. The maximum Gasteiger partial charge on any atom is 0.223 e. The van der Waals surface area contributed by atoms with Crippen LogP contribution in [0.25, 0.3) is 0 Å². The summed E-state index contributed by atoms with van der Waals surface area (Å²) in [5.41, 5.74) is 2.40. The van der Waals surface area contributed by atoms with E-state index in [1.54, 1.807) is 18.1 Å². The Morgan fingerprint density at radius 1 is 1.17 bits per heavy atom. The van der Waals surface area contributed by atoms with Crippen LogP contribution in [0.3, 0.4) is 0 Å². The summed E-state index contributed by atoms with van der Waals surface area (Å²) >= 11 is 0. The number of methoxy groups -OCH3 is 1. The van der Waals surface area contributed by atoms with Crippen LogP contribution in [0.2, 0.25) is 0 Å². The number of carbonyl (C=O) groups excluding carboxylic acids is 1. The summed E-state index contributed by atoms with van der Waals surface area (Å²) in [5.74, 6) is 1.07. The summed E-state index contributed by atoms with van der Waals surface area (Å²) in [6, 6.07) is 11.1. The van der Waals surface area contributed by atoms with Crippen molar-refractivity contribution in [1.29, 1.82) is 0 Å². The number of hydrogen-bond acceptors (Lipinski definition) is 4. The van der Waals surface area contributed by atoms with Gasteiger partial charge in [-0.2, -0.15) is 0 Å². The molecular weight excluding hydrogens is 395 g/mol. The minimum atomic E-state index is -0.272. The van der Waals surface area contributed by atoms with Crippen molar-refractivity contribution in [3.63, 3.8) is 0 Å². The molecule has 0 aromatic heterocycles. The highest BCUT2D eigenvalue weighted by Gasteiger charge is 2.26. The molecule has 0 aliphatic carbocycles. The maximum absolute atomic E-state index is 14.2. The summed E-state index contributed by atoms with van der Waals surface area (Å²) in [5, 5.41) is 3.35. The molecule has 29 heavy (non-hydrogen) atoms. The van der Waals surface area contributed by atoms with Crippen LogP contribution in [0.15, 0.2) is 36.4 Å². The lowest BCUT2D eigenvalue weighted by Gasteiger charge is -2.30. The molecule has 0 radical (unpaired) electrons. The molecule has 158 valence electrons. The summed E-state index contributed by atoms with van der Waals surface area (Å²) in [6.45, 7) is 4.05. The molecule has 0 saturated heterocycles. The van der Waals surface area contributed by atoms with Gasteiger partial charge in [0.1, 0.15) is 23.9 Å². The third-order valence-corrected chi connectivity index (χ3v) is 4.93. The number of carbonyl (C=O) groups is 1. The predicted octanol–water partition coefficient (Wildman–Crippen LogP) is 3.77. The monoisotopic (exact) mass is 422 g/mol. The Hall–Kier alpha value is -2.31. The van der Waals surface area contributed by atoms with Gasteiger partial charge in [0.15, 0.2) is 0 Å². The average Bonchev–Trinajstić information content (AvgIpc) is 2.72. The molecule has 0 unspecified atom stereocenters. The molecule has 2 aromatic carbocycles. The maximum atomic E-state index is 14.2. The van der Waals surface area contributed by atoms with Gasteiger partial charge in [-0.05, 0) is 55.6 Å². The van der Waals surface area contributed by atoms with E-state index >= 15 is 0 Å². The third-order valence-electron chi connectivity index (χ3n) is 4.93. The minimum absolute atomic E-state index is 0. The Balaban J connectivity index is 0.00000300. The number of anilines is 1. The van der Waals surface area contributed by atoms with Gasteiger partial charge in [0.25, 0.3) is 0 Å². The molecular formula is C22H28ClFN2O3. The van der Waals surface area contributed by atoms with Crippen LogP contribution >= 0.6 is 12.4 Å². The molecule has 1 heterocycles. The predicted molar refractivity (Wildman–Crippen MR) is 115 cm³/mol. The molecule has 1 aliphatic rings. The lowest BCUT2D eigenvalue weighted by molar-refractivity contribution is -0.116. The van der Waals surface area contributed by atoms with E-state index in [0.717, 1.165) is 25.1 Å². The normalized spacial score (nSPS) is 12.7. The SMILES string of the molecule is COc1ccc(CCNCCOc2ccc(F)c3c2N(C(C)=O)CCC3)cc1.Cl. The highest BCUT2D eigenvalue weighted by molar-refractivity contribution is 5.94. The molecule has 5 nitrogen and oxygen atoms in total. The number of rotatable bonds is 8. The number of nitrogens with zero attached hydrogens (tertiary/aromatic N) is 1. The van der Waals surface area contributed by atoms with Crippen LogP contribution in [0.1, 0.15) is 24.5 Å². The average molecular weight is 423 g/mol. The van der Waals surface area contributed by atoms with E-state index < -0.39 is 0 Å². The first-order chi connectivity index (χ1) is 13.6. The molecule has 3 rings (SSSR count). The number of halogens is 2. The first-order valence-corrected chi connectivity index (χ1v) is 9.66. The Morgan fingerprint density at radius 2 is 1.93 bits per heavy atom. The van der Waals surface area contributed by atoms with E-state index in [4.69, 9.17) is 9.47 Å². The highest BCUT2D eigenvalue weighted by Crippen LogP contribution is 2.38. The van der Waals surface area contributed by atoms with E-state index in [2.05, 4.69) is 17.4 Å². The van der Waals surface area contributed by atoms with Gasteiger partial charge in [-0.25, -0.2) is 4.39 Å². The molecule has 0 fully saturated rings. The standard InChI is InChI=1S/C22H27FN2O3.ClH/c1-16(26)25-14-3-4-19-20(23)9-10-21(22(19)25)28-15-13-24-12-11-17-5-7-18(27-2)8-6-17;/h5-10,24H,3-4,11-15H2,1-2H3;1H. The molecule has 1 amide bonds. The molecule has 0 saturated carbocycles. The highest BCUT2D eigenvalue weighted by atomic mass is 35.5. The van der Waals surface area contributed by atoms with Crippen molar-refractivity contribution in [2.45, 2.75) is 26.2 Å². The number of fused-ring (bicyclic) bond motifs is 1. The third kappa shape index (κ3) is 5.84. The van der Waals surface area contributed by atoms with Crippen molar-refractivity contribution in [2.24, 2.45) is 0 Å². The van der Waals surface area contributed by atoms with Gasteiger partial charge in [0, 0.05) is 25.6 Å². The van der Waals surface area contributed by atoms with Crippen molar-refractivity contribution >= 4 is 24.0 Å². The Labute approximate surface area is 177 Å². The number of ether oxygens (including phenoxy) is 2. The molecule has 1 aliphatic heterocycles. The number of benzene rings is 2. The van der Waals surface area contributed by atoms with Gasteiger partial charge >= 0.3 is 0 Å². The molecule has 0 bridgehead atoms. The Bertz CT molecular complexity index is 814. The second-order valence-corrected chi connectivity index (χ2v) is 6.84. The summed E-state index contributed by atoms with van der Waals surface area (Å²) < 4.78 is 25.2. The first-order valence-electron chi connectivity index (χ1n) is 9.66. The smallest absolute Gasteiger partial charge is 0.223 e. The van der Waals surface area contributed by atoms with Crippen molar-refractivity contribution in [3.8, 4) is 11.5 Å². The molecule has 1 N–H and O–H groups in total. The zero-order valence-corrected chi connectivity index (χ0v) is 17.7. The molecule has 7 heteroatoms. The van der Waals surface area contributed by atoms with Crippen LogP contribution in [-0.2, 0) is 17.6 Å². The van der Waals surface area contributed by atoms with E-state index in [1.165, 1.54) is 18.6 Å². The fraction of sp³-hybridized carbons (Fsp3) is 0.409. The van der Waals surface area contributed by atoms with Gasteiger partial charge in [0.2, 0.25) is 5.91 Å². The number of nitrogens with one attached hydrogen (secondary N) is 1. The molecule has 0 spiro atoms. The van der Waals surface area contributed by atoms with E-state index in [1.807, 2.05) is 12.1 Å². The van der Waals surface area contributed by atoms with Crippen LogP contribution in [0, 0.1) is 5.82 Å². The molecule has 0 atom stereocenters. The largest absolute Gasteiger partial charge is 0.497 e. The van der Waals surface area contributed by atoms with E-state index in [-0.39, 0.29) is 24.1 Å². The summed E-state index contributed by atoms with van der Waals surface area (Å²) in [4.78, 5) is 13.6. The summed E-state index contributed by atoms with van der Waals surface area (Å²) in [7, 11) is 1.66. The summed E-state index contributed by atoms with van der Waals surface area (Å²) in [6.07, 6.45) is 2.30. The quantitative estimate of drug-likeness (QED) is 0.658. The number of hydrogen-bond donors (Lipinski definition) is 1. The second kappa shape index (κ2) is 11.0. The number of amides is 1. The van der Waals surface area contributed by atoms with Gasteiger partial charge in [-0.3, -0.25) is 4.79 Å². The second-order valence-electron chi connectivity index (χ2n) is 6.84. The van der Waals surface area contributed by atoms with E-state index in [0.29, 0.717) is 43.1 Å². The Morgan fingerprint density at radius 3 is 2.62 bits per heavy atom. The van der Waals surface area contributed by atoms with Crippen LogP contribution in [0.4, 0.5) is 10.1 Å². The van der Waals surface area contributed by atoms with Crippen LogP contribution < -0.4 is 19.7 Å². The van der Waals surface area contributed by atoms with Gasteiger partial charge in [0.05, 0.1) is 12.8 Å². The zero-order chi connectivity index (χ0) is 19.9. The van der Waals surface area contributed by atoms with Gasteiger partial charge < -0.3 is 19.7 Å². The van der Waals surface area contributed by atoms with Gasteiger partial charge in [-0.1, -0.05) is 12.1 Å². The first kappa shape index (κ1) is 23.0. The lowest BCUT2D eigenvalue weighted by Crippen LogP contribution is -2.34. The van der Waals surface area contributed by atoms with E-state index in [9.17, 15) is 9.18 Å². The fourth-order valence-corrected chi connectivity index (χ4v) is 3.46. The van der Waals surface area contributed by atoms with Gasteiger partial charge in [-0.15, -0.1) is 12.4 Å². The molecule has 2 aromatic rings. The zero-order valence-electron chi connectivity index (χ0n) is 16.9. The van der Waals surface area contributed by atoms with Crippen LogP contribution in [0.5, 0.6) is 11.5 Å². The fourth-order valence-electron chi connectivity index (χ4n) is 3.46.